The van der Waals surface area contributed by atoms with Crippen LogP contribution in [0.15, 0.2) is 69.3 Å². The molecule has 0 N–H and O–H groups in total. The molecule has 1 saturated heterocycles. The maximum absolute atomic E-state index is 12.9. The van der Waals surface area contributed by atoms with Gasteiger partial charge in [0.15, 0.2) is 5.17 Å². The maximum atomic E-state index is 12.9. The molecule has 1 aliphatic rings. The fourth-order valence-electron chi connectivity index (χ4n) is 2.21. The van der Waals surface area contributed by atoms with Crippen molar-refractivity contribution in [1.29, 1.82) is 0 Å². The fraction of sp³-hybridized carbons (Fsp3) is 0. The van der Waals surface area contributed by atoms with Crippen molar-refractivity contribution in [2.45, 2.75) is 0 Å². The SMILES string of the molecule is O=C1/C(=C\c2cccs2)S/C(=N/c2nccs2)N1c1ccccc1. The van der Waals surface area contributed by atoms with Gasteiger partial charge in [0.2, 0.25) is 5.13 Å². The van der Waals surface area contributed by atoms with Gasteiger partial charge in [0.05, 0.1) is 10.6 Å². The molecule has 4 rings (SSSR count). The Kier molecular flexibility index (Phi) is 4.29. The molecule has 3 heterocycles. The van der Waals surface area contributed by atoms with Crippen molar-refractivity contribution >= 4 is 62.4 Å². The molecule has 0 aliphatic carbocycles. The lowest BCUT2D eigenvalue weighted by atomic mass is 10.3. The van der Waals surface area contributed by atoms with Crippen molar-refractivity contribution in [3.05, 3.63) is 69.2 Å². The smallest absolute Gasteiger partial charge is 0.268 e. The molecular formula is C17H11N3OS3. The van der Waals surface area contributed by atoms with E-state index in [2.05, 4.69) is 9.98 Å². The normalized spacial score (nSPS) is 18.0. The molecule has 1 amide bonds. The number of benzene rings is 1. The van der Waals surface area contributed by atoms with Crippen molar-refractivity contribution in [2.75, 3.05) is 4.90 Å². The van der Waals surface area contributed by atoms with Gasteiger partial charge in [-0.25, -0.2) is 4.98 Å². The summed E-state index contributed by atoms with van der Waals surface area (Å²) in [4.78, 5) is 25.0. The van der Waals surface area contributed by atoms with Gasteiger partial charge in [-0.05, 0) is 41.4 Å². The van der Waals surface area contributed by atoms with Gasteiger partial charge in [-0.1, -0.05) is 24.3 Å². The predicted octanol–water partition coefficient (Wildman–Crippen LogP) is 5.01. The second kappa shape index (κ2) is 6.72. The lowest BCUT2D eigenvalue weighted by Crippen LogP contribution is -2.28. The average Bonchev–Trinajstić information content (AvgIpc) is 3.33. The lowest BCUT2D eigenvalue weighted by Gasteiger charge is -2.14. The van der Waals surface area contributed by atoms with E-state index in [1.54, 1.807) is 22.4 Å². The second-order valence-corrected chi connectivity index (χ2v) is 7.67. The van der Waals surface area contributed by atoms with Crippen molar-refractivity contribution in [3.63, 3.8) is 0 Å². The van der Waals surface area contributed by atoms with Gasteiger partial charge in [-0.15, -0.1) is 22.7 Å². The fourth-order valence-corrected chi connectivity index (χ4v) is 4.48. The Bertz CT molecular complexity index is 900. The van der Waals surface area contributed by atoms with Crippen molar-refractivity contribution in [2.24, 2.45) is 4.99 Å². The highest BCUT2D eigenvalue weighted by atomic mass is 32.2. The predicted molar refractivity (Wildman–Crippen MR) is 103 cm³/mol. The number of thioether (sulfide) groups is 1. The first-order chi connectivity index (χ1) is 11.8. The Labute approximate surface area is 151 Å². The first-order valence-electron chi connectivity index (χ1n) is 7.12. The van der Waals surface area contributed by atoms with Gasteiger partial charge in [0, 0.05) is 16.5 Å². The number of carbonyl (C=O) groups excluding carboxylic acids is 1. The summed E-state index contributed by atoms with van der Waals surface area (Å²) in [6.45, 7) is 0. The Balaban J connectivity index is 1.77. The first kappa shape index (κ1) is 15.3. The van der Waals surface area contributed by atoms with Crippen molar-refractivity contribution in [3.8, 4) is 0 Å². The van der Waals surface area contributed by atoms with Gasteiger partial charge in [0.25, 0.3) is 5.91 Å². The number of thiazole rings is 1. The molecule has 1 aromatic carbocycles. The van der Waals surface area contributed by atoms with Crippen LogP contribution in [0, 0.1) is 0 Å². The molecule has 3 aromatic rings. The highest BCUT2D eigenvalue weighted by Crippen LogP contribution is 2.37. The molecule has 0 spiro atoms. The Morgan fingerprint density at radius 1 is 1.04 bits per heavy atom. The summed E-state index contributed by atoms with van der Waals surface area (Å²) in [5, 5.41) is 5.14. The van der Waals surface area contributed by atoms with Crippen LogP contribution < -0.4 is 4.90 Å². The summed E-state index contributed by atoms with van der Waals surface area (Å²) in [6, 6.07) is 13.5. The van der Waals surface area contributed by atoms with Gasteiger partial charge in [-0.3, -0.25) is 9.69 Å². The van der Waals surface area contributed by atoms with Crippen LogP contribution >= 0.6 is 34.4 Å². The molecule has 0 bridgehead atoms. The number of anilines is 1. The largest absolute Gasteiger partial charge is 0.271 e. The molecule has 1 aliphatic heterocycles. The van der Waals surface area contributed by atoms with Crippen LogP contribution in [0.3, 0.4) is 0 Å². The van der Waals surface area contributed by atoms with Gasteiger partial charge < -0.3 is 0 Å². The van der Waals surface area contributed by atoms with E-state index in [9.17, 15) is 4.79 Å². The van der Waals surface area contributed by atoms with Crippen LogP contribution in [0.4, 0.5) is 10.8 Å². The van der Waals surface area contributed by atoms with E-state index in [0.29, 0.717) is 15.2 Å². The third-order valence-corrected chi connectivity index (χ3v) is 5.70. The van der Waals surface area contributed by atoms with Crippen molar-refractivity contribution < 1.29 is 4.79 Å². The van der Waals surface area contributed by atoms with E-state index in [1.165, 1.54) is 23.1 Å². The molecule has 4 nitrogen and oxygen atoms in total. The highest BCUT2D eigenvalue weighted by molar-refractivity contribution is 8.19. The van der Waals surface area contributed by atoms with E-state index in [0.717, 1.165) is 10.6 Å². The number of nitrogens with zero attached hydrogens (tertiary/aromatic N) is 3. The summed E-state index contributed by atoms with van der Waals surface area (Å²) >= 11 is 4.43. The van der Waals surface area contributed by atoms with E-state index >= 15 is 0 Å². The molecule has 0 atom stereocenters. The molecule has 2 aromatic heterocycles. The quantitative estimate of drug-likeness (QED) is 0.610. The van der Waals surface area contributed by atoms with E-state index < -0.39 is 0 Å². The molecule has 24 heavy (non-hydrogen) atoms. The zero-order valence-electron chi connectivity index (χ0n) is 12.3. The maximum Gasteiger partial charge on any atom is 0.271 e. The second-order valence-electron chi connectivity index (χ2n) is 4.81. The molecule has 0 radical (unpaired) electrons. The zero-order chi connectivity index (χ0) is 16.4. The minimum atomic E-state index is -0.0603. The van der Waals surface area contributed by atoms with E-state index in [4.69, 9.17) is 0 Å². The summed E-state index contributed by atoms with van der Waals surface area (Å²) in [6.07, 6.45) is 3.62. The van der Waals surface area contributed by atoms with Crippen LogP contribution in [-0.2, 0) is 4.79 Å². The standard InChI is InChI=1S/C17H11N3OS3/c21-15-14(11-13-7-4-9-22-13)24-17(19-16-18-8-10-23-16)20(15)12-5-2-1-3-6-12/h1-11H/b14-11+,19-17+. The van der Waals surface area contributed by atoms with Gasteiger partial charge in [0.1, 0.15) is 0 Å². The topological polar surface area (TPSA) is 45.6 Å². The molecule has 1 fully saturated rings. The minimum Gasteiger partial charge on any atom is -0.268 e. The number of carbonyl (C=O) groups is 1. The summed E-state index contributed by atoms with van der Waals surface area (Å²) in [5.74, 6) is -0.0603. The third-order valence-electron chi connectivity index (χ3n) is 3.25. The molecule has 0 saturated carbocycles. The van der Waals surface area contributed by atoms with E-state index in [-0.39, 0.29) is 5.91 Å². The van der Waals surface area contributed by atoms with Crippen LogP contribution in [0.5, 0.6) is 0 Å². The Hall–Kier alpha value is -2.22. The first-order valence-corrected chi connectivity index (χ1v) is 9.69. The number of aromatic nitrogens is 1. The summed E-state index contributed by atoms with van der Waals surface area (Å²) in [5.41, 5.74) is 0.805. The number of hydrogen-bond acceptors (Lipinski definition) is 6. The molecule has 7 heteroatoms. The summed E-state index contributed by atoms with van der Waals surface area (Å²) in [7, 11) is 0. The third kappa shape index (κ3) is 3.06. The zero-order valence-corrected chi connectivity index (χ0v) is 14.8. The van der Waals surface area contributed by atoms with Crippen LogP contribution in [0.25, 0.3) is 6.08 Å². The number of aliphatic imine (C=N–C) groups is 1. The number of amidine groups is 1. The van der Waals surface area contributed by atoms with Gasteiger partial charge >= 0.3 is 0 Å². The van der Waals surface area contributed by atoms with Crippen LogP contribution in [0.1, 0.15) is 4.88 Å². The minimum absolute atomic E-state index is 0.0603. The number of hydrogen-bond donors (Lipinski definition) is 0. The molecular weight excluding hydrogens is 358 g/mol. The number of rotatable bonds is 3. The van der Waals surface area contributed by atoms with Crippen molar-refractivity contribution in [1.82, 2.24) is 4.98 Å². The average molecular weight is 369 g/mol. The number of thiophene rings is 1. The summed E-state index contributed by atoms with van der Waals surface area (Å²) < 4.78 is 0. The molecule has 118 valence electrons. The van der Waals surface area contributed by atoms with Crippen LogP contribution in [0.2, 0.25) is 0 Å². The number of amides is 1. The Morgan fingerprint density at radius 3 is 2.62 bits per heavy atom. The van der Waals surface area contributed by atoms with Gasteiger partial charge in [-0.2, -0.15) is 4.99 Å². The lowest BCUT2D eigenvalue weighted by molar-refractivity contribution is -0.113. The molecule has 0 unspecified atom stereocenters. The highest BCUT2D eigenvalue weighted by Gasteiger charge is 2.34. The van der Waals surface area contributed by atoms with Crippen LogP contribution in [-0.4, -0.2) is 16.1 Å². The van der Waals surface area contributed by atoms with E-state index in [1.807, 2.05) is 59.3 Å². The monoisotopic (exact) mass is 369 g/mol. The number of para-hydroxylation sites is 1. The Morgan fingerprint density at radius 2 is 1.92 bits per heavy atom.